The first-order valence-electron chi connectivity index (χ1n) is 5.53. The molecule has 0 bridgehead atoms. The molecule has 0 fully saturated rings. The van der Waals surface area contributed by atoms with Crippen LogP contribution in [-0.2, 0) is 6.54 Å². The van der Waals surface area contributed by atoms with Gasteiger partial charge in [-0.1, -0.05) is 24.3 Å². The molecule has 1 heterocycles. The number of nitrogens with zero attached hydrogens (tertiary/aromatic N) is 2. The number of nitrogens with one attached hydrogen (secondary N) is 1. The topological polar surface area (TPSA) is 51.0 Å². The maximum atomic E-state index is 5.55. The number of hydrogen-bond acceptors (Lipinski definition) is 4. The molecule has 0 aliphatic rings. The summed E-state index contributed by atoms with van der Waals surface area (Å²) in [6.45, 7) is 6.26. The van der Waals surface area contributed by atoms with E-state index in [1.807, 2.05) is 43.3 Å². The van der Waals surface area contributed by atoms with E-state index < -0.39 is 0 Å². The van der Waals surface area contributed by atoms with Gasteiger partial charge >= 0.3 is 0 Å². The van der Waals surface area contributed by atoms with Gasteiger partial charge in [0.05, 0.1) is 6.54 Å². The van der Waals surface area contributed by atoms with Gasteiger partial charge in [0.1, 0.15) is 0 Å². The van der Waals surface area contributed by atoms with Crippen LogP contribution in [0.2, 0.25) is 0 Å². The van der Waals surface area contributed by atoms with Gasteiger partial charge in [0.25, 0.3) is 0 Å². The third-order valence-electron chi connectivity index (χ3n) is 2.42. The van der Waals surface area contributed by atoms with Crippen LogP contribution in [0.1, 0.15) is 12.8 Å². The van der Waals surface area contributed by atoms with Crippen LogP contribution in [-0.4, -0.2) is 16.2 Å². The summed E-state index contributed by atoms with van der Waals surface area (Å²) in [6.07, 6.45) is 1.83. The molecule has 1 unspecified atom stereocenters. The molecule has 1 aromatic heterocycles. The van der Waals surface area contributed by atoms with Crippen LogP contribution in [0.5, 0.6) is 0 Å². The monoisotopic (exact) mass is 229 g/mol. The molecule has 0 amide bonds. The summed E-state index contributed by atoms with van der Waals surface area (Å²) in [5, 5.41) is 11.2. The van der Waals surface area contributed by atoms with Gasteiger partial charge in [0, 0.05) is 11.6 Å². The third kappa shape index (κ3) is 3.01. The normalized spacial score (nSPS) is 12.3. The Hall–Kier alpha value is -1.94. The molecule has 0 aliphatic heterocycles. The highest BCUT2D eigenvalue weighted by atomic mass is 16.4. The summed E-state index contributed by atoms with van der Waals surface area (Å²) in [7, 11) is 0. The van der Waals surface area contributed by atoms with E-state index in [9.17, 15) is 0 Å². The standard InChI is InChI=1S/C13H15N3O/c1-3-10(2)14-9-12-15-16-13(17-12)11-7-5-4-6-8-11/h3-8,10,14H,1,9H2,2H3. The molecule has 4 heteroatoms. The van der Waals surface area contributed by atoms with Crippen LogP contribution in [0.4, 0.5) is 0 Å². The average Bonchev–Trinajstić information content (AvgIpc) is 2.86. The van der Waals surface area contributed by atoms with Crippen molar-refractivity contribution in [2.75, 3.05) is 0 Å². The van der Waals surface area contributed by atoms with Crippen molar-refractivity contribution in [3.63, 3.8) is 0 Å². The average molecular weight is 229 g/mol. The molecule has 0 saturated heterocycles. The zero-order valence-electron chi connectivity index (χ0n) is 9.76. The Morgan fingerprint density at radius 2 is 2.12 bits per heavy atom. The van der Waals surface area contributed by atoms with Gasteiger partial charge in [-0.25, -0.2) is 0 Å². The summed E-state index contributed by atoms with van der Waals surface area (Å²) in [6, 6.07) is 9.94. The molecule has 17 heavy (non-hydrogen) atoms. The van der Waals surface area contributed by atoms with Crippen molar-refractivity contribution in [3.05, 3.63) is 48.9 Å². The van der Waals surface area contributed by atoms with Gasteiger partial charge in [-0.05, 0) is 19.1 Å². The number of aromatic nitrogens is 2. The minimum atomic E-state index is 0.224. The van der Waals surface area contributed by atoms with Crippen LogP contribution < -0.4 is 5.32 Å². The highest BCUT2D eigenvalue weighted by molar-refractivity contribution is 5.51. The van der Waals surface area contributed by atoms with E-state index in [0.29, 0.717) is 18.3 Å². The van der Waals surface area contributed by atoms with Crippen LogP contribution in [0.25, 0.3) is 11.5 Å². The van der Waals surface area contributed by atoms with Crippen LogP contribution in [0.3, 0.4) is 0 Å². The van der Waals surface area contributed by atoms with Gasteiger partial charge in [-0.2, -0.15) is 0 Å². The summed E-state index contributed by atoms with van der Waals surface area (Å²) in [4.78, 5) is 0. The SMILES string of the molecule is C=CC(C)NCc1nnc(-c2ccccc2)o1. The van der Waals surface area contributed by atoms with E-state index in [1.165, 1.54) is 0 Å². The zero-order chi connectivity index (χ0) is 12.1. The largest absolute Gasteiger partial charge is 0.419 e. The maximum Gasteiger partial charge on any atom is 0.247 e. The Balaban J connectivity index is 2.04. The minimum absolute atomic E-state index is 0.224. The molecule has 1 N–H and O–H groups in total. The molecular weight excluding hydrogens is 214 g/mol. The summed E-state index contributed by atoms with van der Waals surface area (Å²) < 4.78 is 5.55. The Bertz CT molecular complexity index is 478. The smallest absolute Gasteiger partial charge is 0.247 e. The third-order valence-corrected chi connectivity index (χ3v) is 2.42. The summed E-state index contributed by atoms with van der Waals surface area (Å²) in [5.41, 5.74) is 0.933. The van der Waals surface area contributed by atoms with E-state index >= 15 is 0 Å². The van der Waals surface area contributed by atoms with Crippen molar-refractivity contribution in [1.29, 1.82) is 0 Å². The van der Waals surface area contributed by atoms with Gasteiger partial charge in [0.15, 0.2) is 0 Å². The second-order valence-electron chi connectivity index (χ2n) is 3.77. The molecule has 0 spiro atoms. The minimum Gasteiger partial charge on any atom is -0.419 e. The lowest BCUT2D eigenvalue weighted by atomic mass is 10.2. The highest BCUT2D eigenvalue weighted by Crippen LogP contribution is 2.16. The molecular formula is C13H15N3O. The fraction of sp³-hybridized carbons (Fsp3) is 0.231. The second-order valence-corrected chi connectivity index (χ2v) is 3.77. The van der Waals surface area contributed by atoms with Crippen LogP contribution in [0.15, 0.2) is 47.4 Å². The van der Waals surface area contributed by atoms with Crippen LogP contribution in [0, 0.1) is 0 Å². The molecule has 0 saturated carbocycles. The van der Waals surface area contributed by atoms with Gasteiger partial charge < -0.3 is 9.73 Å². The number of hydrogen-bond donors (Lipinski definition) is 1. The molecule has 1 atom stereocenters. The lowest BCUT2D eigenvalue weighted by molar-refractivity contribution is 0.468. The van der Waals surface area contributed by atoms with Crippen molar-refractivity contribution >= 4 is 0 Å². The zero-order valence-corrected chi connectivity index (χ0v) is 9.76. The van der Waals surface area contributed by atoms with E-state index in [-0.39, 0.29) is 6.04 Å². The molecule has 0 radical (unpaired) electrons. The number of rotatable bonds is 5. The number of benzene rings is 1. The fourth-order valence-corrected chi connectivity index (χ4v) is 1.35. The Morgan fingerprint density at radius 1 is 1.35 bits per heavy atom. The first kappa shape index (κ1) is 11.5. The predicted octanol–water partition coefficient (Wildman–Crippen LogP) is 2.40. The van der Waals surface area contributed by atoms with Gasteiger partial charge in [-0.15, -0.1) is 16.8 Å². The maximum absolute atomic E-state index is 5.55. The van der Waals surface area contributed by atoms with Gasteiger partial charge in [-0.3, -0.25) is 0 Å². The molecule has 4 nitrogen and oxygen atoms in total. The van der Waals surface area contributed by atoms with Gasteiger partial charge in [0.2, 0.25) is 11.8 Å². The van der Waals surface area contributed by atoms with Crippen molar-refractivity contribution in [3.8, 4) is 11.5 Å². The molecule has 2 rings (SSSR count). The molecule has 88 valence electrons. The Labute approximate surface area is 100 Å². The first-order chi connectivity index (χ1) is 8.29. The predicted molar refractivity (Wildman–Crippen MR) is 66.2 cm³/mol. The van der Waals surface area contributed by atoms with E-state index in [1.54, 1.807) is 0 Å². The highest BCUT2D eigenvalue weighted by Gasteiger charge is 2.07. The molecule has 0 aliphatic carbocycles. The Morgan fingerprint density at radius 3 is 2.82 bits per heavy atom. The van der Waals surface area contributed by atoms with E-state index in [2.05, 4.69) is 22.1 Å². The quantitative estimate of drug-likeness (QED) is 0.800. The fourth-order valence-electron chi connectivity index (χ4n) is 1.35. The van der Waals surface area contributed by atoms with Crippen molar-refractivity contribution < 1.29 is 4.42 Å². The molecule has 1 aromatic carbocycles. The van der Waals surface area contributed by atoms with Crippen molar-refractivity contribution in [2.45, 2.75) is 19.5 Å². The second kappa shape index (κ2) is 5.41. The molecule has 2 aromatic rings. The summed E-state index contributed by atoms with van der Waals surface area (Å²) in [5.74, 6) is 1.13. The lowest BCUT2D eigenvalue weighted by Crippen LogP contribution is -2.23. The first-order valence-corrected chi connectivity index (χ1v) is 5.53. The lowest BCUT2D eigenvalue weighted by Gasteiger charge is -2.04. The Kier molecular flexibility index (Phi) is 3.67. The van der Waals surface area contributed by atoms with E-state index in [4.69, 9.17) is 4.42 Å². The van der Waals surface area contributed by atoms with Crippen molar-refractivity contribution in [1.82, 2.24) is 15.5 Å². The summed E-state index contributed by atoms with van der Waals surface area (Å²) >= 11 is 0. The van der Waals surface area contributed by atoms with Crippen molar-refractivity contribution in [2.24, 2.45) is 0 Å². The van der Waals surface area contributed by atoms with Crippen LogP contribution >= 0.6 is 0 Å². The van der Waals surface area contributed by atoms with E-state index in [0.717, 1.165) is 5.56 Å².